The van der Waals surface area contributed by atoms with Crippen molar-refractivity contribution in [2.75, 3.05) is 11.5 Å². The van der Waals surface area contributed by atoms with Crippen LogP contribution in [0.1, 0.15) is 38.7 Å². The van der Waals surface area contributed by atoms with Crippen LogP contribution in [-0.2, 0) is 12.2 Å². The standard InChI is InChI=1S/C12H21N3S/c1-4-5-16-8-12-14-10(6-9(2)3)7-11(13)15-12/h7,9H,4-6,8H2,1-3H3,(H2,13,14,15). The molecule has 2 N–H and O–H groups in total. The summed E-state index contributed by atoms with van der Waals surface area (Å²) in [6.07, 6.45) is 2.16. The van der Waals surface area contributed by atoms with E-state index in [9.17, 15) is 0 Å². The Labute approximate surface area is 102 Å². The van der Waals surface area contributed by atoms with Crippen LogP contribution in [0.3, 0.4) is 0 Å². The Morgan fingerprint density at radius 2 is 2.12 bits per heavy atom. The number of thioether (sulfide) groups is 1. The van der Waals surface area contributed by atoms with E-state index in [2.05, 4.69) is 30.7 Å². The molecule has 4 heteroatoms. The molecule has 0 saturated heterocycles. The average molecular weight is 239 g/mol. The van der Waals surface area contributed by atoms with E-state index in [0.717, 1.165) is 29.4 Å². The predicted molar refractivity (Wildman–Crippen MR) is 71.4 cm³/mol. The van der Waals surface area contributed by atoms with Crippen LogP contribution in [-0.4, -0.2) is 15.7 Å². The molecular formula is C12H21N3S. The Hall–Kier alpha value is -0.770. The van der Waals surface area contributed by atoms with E-state index in [-0.39, 0.29) is 0 Å². The molecule has 0 unspecified atom stereocenters. The third-order valence-electron chi connectivity index (χ3n) is 2.04. The van der Waals surface area contributed by atoms with Crippen molar-refractivity contribution in [3.8, 4) is 0 Å². The third kappa shape index (κ3) is 4.84. The summed E-state index contributed by atoms with van der Waals surface area (Å²) >= 11 is 1.86. The minimum absolute atomic E-state index is 0.595. The number of nitrogens with zero attached hydrogens (tertiary/aromatic N) is 2. The van der Waals surface area contributed by atoms with Crippen LogP contribution >= 0.6 is 11.8 Å². The lowest BCUT2D eigenvalue weighted by Gasteiger charge is -2.07. The van der Waals surface area contributed by atoms with Crippen molar-refractivity contribution in [3.05, 3.63) is 17.6 Å². The number of hydrogen-bond acceptors (Lipinski definition) is 4. The number of rotatable bonds is 6. The molecule has 1 heterocycles. The molecule has 0 spiro atoms. The molecule has 0 radical (unpaired) electrons. The second kappa shape index (κ2) is 6.74. The Kier molecular flexibility index (Phi) is 5.60. The zero-order valence-corrected chi connectivity index (χ0v) is 11.2. The molecule has 0 atom stereocenters. The van der Waals surface area contributed by atoms with Gasteiger partial charge in [0, 0.05) is 11.8 Å². The van der Waals surface area contributed by atoms with Gasteiger partial charge < -0.3 is 5.73 Å². The predicted octanol–water partition coefficient (Wildman–Crippen LogP) is 2.90. The summed E-state index contributed by atoms with van der Waals surface area (Å²) < 4.78 is 0. The van der Waals surface area contributed by atoms with Gasteiger partial charge in [-0.05, 0) is 24.5 Å². The van der Waals surface area contributed by atoms with Gasteiger partial charge in [0.2, 0.25) is 0 Å². The van der Waals surface area contributed by atoms with Crippen LogP contribution in [0.5, 0.6) is 0 Å². The molecule has 1 aromatic rings. The first-order valence-electron chi connectivity index (χ1n) is 5.81. The van der Waals surface area contributed by atoms with Gasteiger partial charge in [-0.3, -0.25) is 0 Å². The molecule has 0 aliphatic heterocycles. The number of nitrogen functional groups attached to an aromatic ring is 1. The third-order valence-corrected chi connectivity index (χ3v) is 3.20. The quantitative estimate of drug-likeness (QED) is 0.776. The van der Waals surface area contributed by atoms with Gasteiger partial charge in [0.1, 0.15) is 11.6 Å². The molecule has 0 bridgehead atoms. The van der Waals surface area contributed by atoms with E-state index in [1.807, 2.05) is 17.8 Å². The second-order valence-corrected chi connectivity index (χ2v) is 5.46. The first-order chi connectivity index (χ1) is 7.61. The zero-order valence-electron chi connectivity index (χ0n) is 10.4. The molecule has 0 saturated carbocycles. The van der Waals surface area contributed by atoms with Gasteiger partial charge in [-0.1, -0.05) is 20.8 Å². The highest BCUT2D eigenvalue weighted by Gasteiger charge is 2.04. The minimum atomic E-state index is 0.595. The maximum atomic E-state index is 5.78. The van der Waals surface area contributed by atoms with E-state index >= 15 is 0 Å². The number of anilines is 1. The van der Waals surface area contributed by atoms with Gasteiger partial charge in [-0.15, -0.1) is 0 Å². The van der Waals surface area contributed by atoms with Crippen LogP contribution in [0.15, 0.2) is 6.07 Å². The maximum absolute atomic E-state index is 5.78. The fraction of sp³-hybridized carbons (Fsp3) is 0.667. The monoisotopic (exact) mass is 239 g/mol. The van der Waals surface area contributed by atoms with Crippen LogP contribution in [0.25, 0.3) is 0 Å². The molecule has 0 amide bonds. The normalized spacial score (nSPS) is 11.0. The Morgan fingerprint density at radius 3 is 2.75 bits per heavy atom. The van der Waals surface area contributed by atoms with Crippen molar-refractivity contribution >= 4 is 17.6 Å². The highest BCUT2D eigenvalue weighted by molar-refractivity contribution is 7.98. The molecule has 1 aromatic heterocycles. The Morgan fingerprint density at radius 1 is 1.38 bits per heavy atom. The average Bonchev–Trinajstić information content (AvgIpc) is 2.16. The SMILES string of the molecule is CCCSCc1nc(N)cc(CC(C)C)n1. The van der Waals surface area contributed by atoms with E-state index in [4.69, 9.17) is 5.73 Å². The van der Waals surface area contributed by atoms with E-state index in [1.165, 1.54) is 6.42 Å². The minimum Gasteiger partial charge on any atom is -0.384 e. The van der Waals surface area contributed by atoms with Crippen LogP contribution in [0.4, 0.5) is 5.82 Å². The number of aromatic nitrogens is 2. The Balaban J connectivity index is 2.65. The summed E-state index contributed by atoms with van der Waals surface area (Å²) in [6.45, 7) is 6.55. The molecule has 0 aliphatic rings. The van der Waals surface area contributed by atoms with E-state index < -0.39 is 0 Å². The fourth-order valence-electron chi connectivity index (χ4n) is 1.47. The lowest BCUT2D eigenvalue weighted by Crippen LogP contribution is -2.05. The molecule has 1 rings (SSSR count). The first kappa shape index (κ1) is 13.3. The molecule has 3 nitrogen and oxygen atoms in total. The summed E-state index contributed by atoms with van der Waals surface area (Å²) in [5.74, 6) is 4.08. The molecule has 0 fully saturated rings. The van der Waals surface area contributed by atoms with Gasteiger partial charge in [-0.25, -0.2) is 9.97 Å². The highest BCUT2D eigenvalue weighted by Crippen LogP contribution is 2.13. The maximum Gasteiger partial charge on any atom is 0.140 e. The van der Waals surface area contributed by atoms with Gasteiger partial charge in [0.25, 0.3) is 0 Å². The molecular weight excluding hydrogens is 218 g/mol. The molecule has 90 valence electrons. The van der Waals surface area contributed by atoms with Gasteiger partial charge in [0.05, 0.1) is 5.75 Å². The summed E-state index contributed by atoms with van der Waals surface area (Å²) in [5.41, 5.74) is 6.84. The molecule has 0 aliphatic carbocycles. The largest absolute Gasteiger partial charge is 0.384 e. The summed E-state index contributed by atoms with van der Waals surface area (Å²) in [7, 11) is 0. The van der Waals surface area contributed by atoms with Gasteiger partial charge in [0.15, 0.2) is 0 Å². The van der Waals surface area contributed by atoms with E-state index in [0.29, 0.717) is 11.7 Å². The lowest BCUT2D eigenvalue weighted by atomic mass is 10.1. The zero-order chi connectivity index (χ0) is 12.0. The Bertz CT molecular complexity index is 326. The number of hydrogen-bond donors (Lipinski definition) is 1. The van der Waals surface area contributed by atoms with Gasteiger partial charge >= 0.3 is 0 Å². The van der Waals surface area contributed by atoms with Crippen LogP contribution in [0, 0.1) is 5.92 Å². The first-order valence-corrected chi connectivity index (χ1v) is 6.97. The van der Waals surface area contributed by atoms with E-state index in [1.54, 1.807) is 0 Å². The lowest BCUT2D eigenvalue weighted by molar-refractivity contribution is 0.632. The van der Waals surface area contributed by atoms with Gasteiger partial charge in [-0.2, -0.15) is 11.8 Å². The van der Waals surface area contributed by atoms with Crippen molar-refractivity contribution < 1.29 is 0 Å². The second-order valence-electron chi connectivity index (χ2n) is 4.35. The van der Waals surface area contributed by atoms with Crippen molar-refractivity contribution in [2.45, 2.75) is 39.4 Å². The fourth-order valence-corrected chi connectivity index (χ4v) is 2.21. The number of nitrogens with two attached hydrogens (primary N) is 1. The summed E-state index contributed by atoms with van der Waals surface area (Å²) in [5, 5.41) is 0. The van der Waals surface area contributed by atoms with Crippen molar-refractivity contribution in [2.24, 2.45) is 5.92 Å². The van der Waals surface area contributed by atoms with Crippen molar-refractivity contribution in [1.82, 2.24) is 9.97 Å². The van der Waals surface area contributed by atoms with Crippen LogP contribution < -0.4 is 5.73 Å². The molecule has 16 heavy (non-hydrogen) atoms. The van der Waals surface area contributed by atoms with Crippen LogP contribution in [0.2, 0.25) is 0 Å². The van der Waals surface area contributed by atoms with Crippen molar-refractivity contribution in [3.63, 3.8) is 0 Å². The van der Waals surface area contributed by atoms with Crippen molar-refractivity contribution in [1.29, 1.82) is 0 Å². The smallest absolute Gasteiger partial charge is 0.140 e. The summed E-state index contributed by atoms with van der Waals surface area (Å²) in [4.78, 5) is 8.79. The highest BCUT2D eigenvalue weighted by atomic mass is 32.2. The topological polar surface area (TPSA) is 51.8 Å². The molecule has 0 aromatic carbocycles. The summed E-state index contributed by atoms with van der Waals surface area (Å²) in [6, 6.07) is 1.88.